The second-order valence-corrected chi connectivity index (χ2v) is 17.2. The van der Waals surface area contributed by atoms with E-state index in [2.05, 4.69) is 5.32 Å². The van der Waals surface area contributed by atoms with Gasteiger partial charge in [0.15, 0.2) is 8.32 Å². The Morgan fingerprint density at radius 2 is 1.52 bits per heavy atom. The van der Waals surface area contributed by atoms with Crippen LogP contribution in [0.2, 0.25) is 18.1 Å². The number of carbonyl (C=O) groups is 4. The first kappa shape index (κ1) is 34.7. The normalized spacial score (nSPS) is 17.5. The molecule has 1 aliphatic rings. The molecule has 0 unspecified atom stereocenters. The second-order valence-electron chi connectivity index (χ2n) is 12.4. The Bertz CT molecular complexity index is 1390. The van der Waals surface area contributed by atoms with E-state index in [0.29, 0.717) is 11.1 Å². The van der Waals surface area contributed by atoms with Crippen molar-refractivity contribution in [3.05, 3.63) is 78.0 Å². The van der Waals surface area contributed by atoms with E-state index in [4.69, 9.17) is 4.43 Å². The molecular weight excluding hydrogens is 591 g/mol. The standard InChI is InChI=1S/C32H40F3N3O5Si/c1-21(43-44(6,7)31(3,4)5)28-30(42)38(26(19-37(28)22(2)39)24-16-12-9-13-17-24)20-27(40)36-25(29(41)32(33,34)35)18-23-14-10-8-11-15-23/h8-17,19,21,25,28H,18,20H2,1-7H3,(H,36,40)/t21-,25-,28-/m0/s1. The molecule has 0 aliphatic carbocycles. The molecule has 0 saturated carbocycles. The molecule has 2 aromatic rings. The van der Waals surface area contributed by atoms with Crippen molar-refractivity contribution in [2.45, 2.75) is 83.5 Å². The van der Waals surface area contributed by atoms with Crippen molar-refractivity contribution in [3.63, 3.8) is 0 Å². The van der Waals surface area contributed by atoms with Gasteiger partial charge in [-0.15, -0.1) is 0 Å². The third-order valence-electron chi connectivity index (χ3n) is 8.05. The lowest BCUT2D eigenvalue weighted by Gasteiger charge is -2.45. The predicted octanol–water partition coefficient (Wildman–Crippen LogP) is 5.31. The monoisotopic (exact) mass is 631 g/mol. The molecule has 44 heavy (non-hydrogen) atoms. The van der Waals surface area contributed by atoms with Gasteiger partial charge in [-0.05, 0) is 36.2 Å². The van der Waals surface area contributed by atoms with E-state index in [1.165, 1.54) is 18.0 Å². The summed E-state index contributed by atoms with van der Waals surface area (Å²) in [6.07, 6.45) is -4.89. The van der Waals surface area contributed by atoms with Gasteiger partial charge in [-0.25, -0.2) is 0 Å². The number of nitrogens with zero attached hydrogens (tertiary/aromatic N) is 2. The van der Waals surface area contributed by atoms with E-state index < -0.39 is 69.2 Å². The van der Waals surface area contributed by atoms with E-state index in [1.807, 2.05) is 33.9 Å². The highest BCUT2D eigenvalue weighted by atomic mass is 28.4. The highest BCUT2D eigenvalue weighted by Crippen LogP contribution is 2.39. The summed E-state index contributed by atoms with van der Waals surface area (Å²) in [5, 5.41) is 2.01. The molecule has 1 aliphatic heterocycles. The minimum atomic E-state index is -5.19. The van der Waals surface area contributed by atoms with Gasteiger partial charge >= 0.3 is 6.18 Å². The first-order chi connectivity index (χ1) is 20.3. The molecule has 1 N–H and O–H groups in total. The fourth-order valence-electron chi connectivity index (χ4n) is 4.74. The molecule has 0 bridgehead atoms. The molecule has 0 saturated heterocycles. The zero-order valence-electron chi connectivity index (χ0n) is 26.1. The maximum atomic E-state index is 14.2. The minimum Gasteiger partial charge on any atom is -0.412 e. The molecule has 8 nitrogen and oxygen atoms in total. The predicted molar refractivity (Wildman–Crippen MR) is 163 cm³/mol. The van der Waals surface area contributed by atoms with Crippen LogP contribution in [-0.2, 0) is 30.0 Å². The Morgan fingerprint density at radius 3 is 2.02 bits per heavy atom. The van der Waals surface area contributed by atoms with Gasteiger partial charge < -0.3 is 14.6 Å². The minimum absolute atomic E-state index is 0.205. The van der Waals surface area contributed by atoms with Crippen LogP contribution in [0.3, 0.4) is 0 Å². The summed E-state index contributed by atoms with van der Waals surface area (Å²) in [4.78, 5) is 55.2. The van der Waals surface area contributed by atoms with Gasteiger partial charge in [-0.3, -0.25) is 24.1 Å². The van der Waals surface area contributed by atoms with Crippen molar-refractivity contribution in [2.75, 3.05) is 6.54 Å². The zero-order chi connectivity index (χ0) is 33.0. The zero-order valence-corrected chi connectivity index (χ0v) is 27.1. The summed E-state index contributed by atoms with van der Waals surface area (Å²) in [7, 11) is -2.42. The molecule has 238 valence electrons. The van der Waals surface area contributed by atoms with Gasteiger partial charge in [0.25, 0.3) is 11.7 Å². The van der Waals surface area contributed by atoms with Crippen LogP contribution < -0.4 is 5.32 Å². The van der Waals surface area contributed by atoms with Gasteiger partial charge in [0.05, 0.1) is 11.8 Å². The smallest absolute Gasteiger partial charge is 0.412 e. The number of carbonyl (C=O) groups excluding carboxylic acids is 4. The fourth-order valence-corrected chi connectivity index (χ4v) is 6.15. The summed E-state index contributed by atoms with van der Waals surface area (Å²) < 4.78 is 47.0. The third kappa shape index (κ3) is 8.23. The molecule has 3 atom stereocenters. The van der Waals surface area contributed by atoms with Crippen molar-refractivity contribution in [2.24, 2.45) is 0 Å². The number of halogens is 3. The Labute approximate surface area is 257 Å². The van der Waals surface area contributed by atoms with Crippen LogP contribution in [0, 0.1) is 0 Å². The van der Waals surface area contributed by atoms with Crippen molar-refractivity contribution >= 4 is 37.5 Å². The molecule has 3 rings (SSSR count). The average molecular weight is 632 g/mol. The number of benzene rings is 2. The Balaban J connectivity index is 2.00. The summed E-state index contributed by atoms with van der Waals surface area (Å²) in [6.45, 7) is 12.5. The van der Waals surface area contributed by atoms with Gasteiger partial charge in [0, 0.05) is 19.5 Å². The summed E-state index contributed by atoms with van der Waals surface area (Å²) in [5.74, 6) is -4.13. The lowest BCUT2D eigenvalue weighted by Crippen LogP contribution is -2.60. The first-order valence-electron chi connectivity index (χ1n) is 14.3. The quantitative estimate of drug-likeness (QED) is 0.359. The maximum Gasteiger partial charge on any atom is 0.452 e. The van der Waals surface area contributed by atoms with Gasteiger partial charge in [-0.2, -0.15) is 13.2 Å². The van der Waals surface area contributed by atoms with Crippen LogP contribution in [0.5, 0.6) is 0 Å². The van der Waals surface area contributed by atoms with Crippen LogP contribution in [0.15, 0.2) is 66.9 Å². The summed E-state index contributed by atoms with van der Waals surface area (Å²) in [5.41, 5.74) is 1.13. The number of rotatable bonds is 10. The van der Waals surface area contributed by atoms with Gasteiger partial charge in [0.2, 0.25) is 11.8 Å². The van der Waals surface area contributed by atoms with Crippen LogP contribution in [0.25, 0.3) is 5.70 Å². The van der Waals surface area contributed by atoms with Crippen molar-refractivity contribution in [3.8, 4) is 0 Å². The Morgan fingerprint density at radius 1 is 0.977 bits per heavy atom. The van der Waals surface area contributed by atoms with Gasteiger partial charge in [-0.1, -0.05) is 81.4 Å². The number of nitrogens with one attached hydrogen (secondary N) is 1. The van der Waals surface area contributed by atoms with Crippen LogP contribution >= 0.6 is 0 Å². The summed E-state index contributed by atoms with van der Waals surface area (Å²) >= 11 is 0. The van der Waals surface area contributed by atoms with Crippen LogP contribution in [0.1, 0.15) is 45.7 Å². The number of Topliss-reactive ketones (excluding diaryl/α,β-unsaturated/α-hetero) is 1. The summed E-state index contributed by atoms with van der Waals surface area (Å²) in [6, 6.07) is 13.5. The molecule has 0 radical (unpaired) electrons. The van der Waals surface area contributed by atoms with E-state index in [0.717, 1.165) is 4.90 Å². The molecule has 2 aromatic carbocycles. The molecule has 1 heterocycles. The number of alkyl halides is 3. The van der Waals surface area contributed by atoms with Crippen molar-refractivity contribution in [1.29, 1.82) is 0 Å². The highest BCUT2D eigenvalue weighted by Gasteiger charge is 2.47. The van der Waals surface area contributed by atoms with E-state index in [1.54, 1.807) is 67.6 Å². The van der Waals surface area contributed by atoms with E-state index >= 15 is 0 Å². The number of hydrogen-bond acceptors (Lipinski definition) is 5. The lowest BCUT2D eigenvalue weighted by molar-refractivity contribution is -0.173. The van der Waals surface area contributed by atoms with Crippen molar-refractivity contribution < 1.29 is 36.8 Å². The topological polar surface area (TPSA) is 96.0 Å². The molecule has 0 spiro atoms. The average Bonchev–Trinajstić information content (AvgIpc) is 2.92. The number of ketones is 1. The van der Waals surface area contributed by atoms with E-state index in [9.17, 15) is 32.3 Å². The molecule has 0 aromatic heterocycles. The maximum absolute atomic E-state index is 14.2. The Kier molecular flexibility index (Phi) is 10.6. The second kappa shape index (κ2) is 13.5. The molecule has 0 fully saturated rings. The Hall–Kier alpha value is -3.77. The fraction of sp³-hybridized carbons (Fsp3) is 0.438. The van der Waals surface area contributed by atoms with Crippen LogP contribution in [-0.4, -0.2) is 72.5 Å². The van der Waals surface area contributed by atoms with Crippen molar-refractivity contribution in [1.82, 2.24) is 15.1 Å². The number of amides is 3. The van der Waals surface area contributed by atoms with Gasteiger partial charge in [0.1, 0.15) is 18.6 Å². The first-order valence-corrected chi connectivity index (χ1v) is 17.2. The SMILES string of the molecule is CC(=O)N1C=C(c2ccccc2)N(CC(=O)N[C@@H](Cc2ccccc2)C(=O)C(F)(F)F)C(=O)[C@@H]1[C@H](C)O[Si](C)(C)C(C)(C)C. The largest absolute Gasteiger partial charge is 0.452 e. The molecule has 3 amide bonds. The lowest BCUT2D eigenvalue weighted by atomic mass is 10.0. The molecule has 12 heteroatoms. The van der Waals surface area contributed by atoms with E-state index in [-0.39, 0.29) is 10.7 Å². The van der Waals surface area contributed by atoms with Crippen LogP contribution in [0.4, 0.5) is 13.2 Å². The highest BCUT2D eigenvalue weighted by molar-refractivity contribution is 6.74. The number of hydrogen-bond donors (Lipinski definition) is 1. The molecular formula is C32H40F3N3O5Si. The third-order valence-corrected chi connectivity index (χ3v) is 12.6.